The first kappa shape index (κ1) is 18.2. The van der Waals surface area contributed by atoms with Crippen LogP contribution in [-0.2, 0) is 22.7 Å². The molecule has 1 aromatic heterocycles. The normalized spacial score (nSPS) is 13.7. The molecular formula is C18H21ClN2O3S. The zero-order chi connectivity index (χ0) is 17.6. The van der Waals surface area contributed by atoms with E-state index in [-0.39, 0.29) is 11.8 Å². The average molecular weight is 381 g/mol. The second kappa shape index (κ2) is 8.65. The van der Waals surface area contributed by atoms with Crippen molar-refractivity contribution in [1.29, 1.82) is 0 Å². The van der Waals surface area contributed by atoms with Gasteiger partial charge in [0.2, 0.25) is 5.91 Å². The maximum Gasteiger partial charge on any atom is 0.226 e. The average Bonchev–Trinajstić information content (AvgIpc) is 3.38. The number of carbonyl (C=O) groups excluding carboxylic acids is 1. The third-order valence-corrected chi connectivity index (χ3v) is 5.05. The molecule has 1 amide bonds. The molecule has 0 N–H and O–H groups in total. The van der Waals surface area contributed by atoms with E-state index < -0.39 is 0 Å². The molecule has 25 heavy (non-hydrogen) atoms. The number of hydrogen-bond donors (Lipinski definition) is 0. The number of thiazole rings is 1. The molecule has 0 atom stereocenters. The fraction of sp³-hybridized carbons (Fsp3) is 0.444. The van der Waals surface area contributed by atoms with E-state index in [1.807, 2.05) is 22.4 Å². The monoisotopic (exact) mass is 380 g/mol. The van der Waals surface area contributed by atoms with Gasteiger partial charge in [-0.2, -0.15) is 0 Å². The second-order valence-electron chi connectivity index (χ2n) is 6.00. The van der Waals surface area contributed by atoms with Crippen LogP contribution in [0.5, 0.6) is 5.75 Å². The molecular weight excluding hydrogens is 360 g/mol. The molecule has 7 heteroatoms. The van der Waals surface area contributed by atoms with Gasteiger partial charge in [0, 0.05) is 30.0 Å². The summed E-state index contributed by atoms with van der Waals surface area (Å²) in [5.74, 6) is 1.17. The van der Waals surface area contributed by atoms with Crippen LogP contribution in [0.15, 0.2) is 29.6 Å². The Morgan fingerprint density at radius 3 is 2.80 bits per heavy atom. The summed E-state index contributed by atoms with van der Waals surface area (Å²) in [5, 5.41) is 3.55. The number of rotatable bonds is 9. The quantitative estimate of drug-likeness (QED) is 0.664. The minimum atomic E-state index is 0.197. The van der Waals surface area contributed by atoms with Gasteiger partial charge in [0.25, 0.3) is 0 Å². The Labute approximate surface area is 156 Å². The molecule has 1 aromatic carbocycles. The molecule has 1 fully saturated rings. The van der Waals surface area contributed by atoms with Gasteiger partial charge in [-0.25, -0.2) is 4.98 Å². The number of hydrogen-bond acceptors (Lipinski definition) is 5. The lowest BCUT2D eigenvalue weighted by Gasteiger charge is -2.21. The Hall–Kier alpha value is -1.63. The Bertz CT molecular complexity index is 701. The van der Waals surface area contributed by atoms with E-state index in [1.54, 1.807) is 30.6 Å². The Balaban J connectivity index is 1.55. The molecule has 1 heterocycles. The van der Waals surface area contributed by atoms with E-state index in [1.165, 1.54) is 0 Å². The molecule has 1 saturated carbocycles. The Kier molecular flexibility index (Phi) is 6.29. The number of benzene rings is 1. The van der Waals surface area contributed by atoms with E-state index in [9.17, 15) is 4.79 Å². The summed E-state index contributed by atoms with van der Waals surface area (Å²) in [5.41, 5.74) is 0.893. The molecule has 3 rings (SSSR count). The number of carbonyl (C=O) groups is 1. The van der Waals surface area contributed by atoms with Gasteiger partial charge in [0.1, 0.15) is 17.4 Å². The van der Waals surface area contributed by atoms with Gasteiger partial charge in [-0.05, 0) is 37.1 Å². The molecule has 0 radical (unpaired) electrons. The van der Waals surface area contributed by atoms with Gasteiger partial charge in [0.05, 0.1) is 18.8 Å². The minimum Gasteiger partial charge on any atom is -0.486 e. The van der Waals surface area contributed by atoms with E-state index in [0.29, 0.717) is 31.3 Å². The fourth-order valence-corrected chi connectivity index (χ4v) is 3.24. The van der Waals surface area contributed by atoms with Gasteiger partial charge in [0.15, 0.2) is 0 Å². The highest BCUT2D eigenvalue weighted by atomic mass is 35.5. The Morgan fingerprint density at radius 2 is 2.12 bits per heavy atom. The van der Waals surface area contributed by atoms with Crippen LogP contribution < -0.4 is 4.74 Å². The van der Waals surface area contributed by atoms with Crippen LogP contribution in [0.1, 0.15) is 23.5 Å². The summed E-state index contributed by atoms with van der Waals surface area (Å²) in [7, 11) is 1.65. The first-order chi connectivity index (χ1) is 12.2. The van der Waals surface area contributed by atoms with Crippen LogP contribution in [0, 0.1) is 5.92 Å². The van der Waals surface area contributed by atoms with Gasteiger partial charge < -0.3 is 14.4 Å². The largest absolute Gasteiger partial charge is 0.486 e. The van der Waals surface area contributed by atoms with Crippen LogP contribution in [0.3, 0.4) is 0 Å². The standard InChI is InChI=1S/C18H21ClN2O3S/c1-23-9-8-21(18(22)13-2-3-13)10-15-12-25-17(20-15)11-24-16-6-4-14(19)5-7-16/h4-7,12-13H,2-3,8-11H2,1H3. The molecule has 134 valence electrons. The summed E-state index contributed by atoms with van der Waals surface area (Å²) in [6.07, 6.45) is 2.00. The van der Waals surface area contributed by atoms with Gasteiger partial charge >= 0.3 is 0 Å². The van der Waals surface area contributed by atoms with Gasteiger partial charge in [-0.1, -0.05) is 11.6 Å². The smallest absolute Gasteiger partial charge is 0.226 e. The van der Waals surface area contributed by atoms with Crippen molar-refractivity contribution in [2.24, 2.45) is 5.92 Å². The first-order valence-electron chi connectivity index (χ1n) is 8.25. The predicted molar refractivity (Wildman–Crippen MR) is 97.9 cm³/mol. The summed E-state index contributed by atoms with van der Waals surface area (Å²) < 4.78 is 10.8. The summed E-state index contributed by atoms with van der Waals surface area (Å²) in [6, 6.07) is 7.25. The summed E-state index contributed by atoms with van der Waals surface area (Å²) >= 11 is 7.40. The highest BCUT2D eigenvalue weighted by Crippen LogP contribution is 2.31. The number of nitrogens with zero attached hydrogens (tertiary/aromatic N) is 2. The van der Waals surface area contributed by atoms with Crippen molar-refractivity contribution >= 4 is 28.8 Å². The van der Waals surface area contributed by atoms with E-state index in [0.717, 1.165) is 29.3 Å². The number of halogens is 1. The van der Waals surface area contributed by atoms with E-state index in [4.69, 9.17) is 21.1 Å². The number of ether oxygens (including phenoxy) is 2. The lowest BCUT2D eigenvalue weighted by Crippen LogP contribution is -2.34. The topological polar surface area (TPSA) is 51.7 Å². The van der Waals surface area contributed by atoms with Crippen LogP contribution >= 0.6 is 22.9 Å². The molecule has 0 unspecified atom stereocenters. The molecule has 2 aromatic rings. The van der Waals surface area contributed by atoms with Crippen LogP contribution in [0.25, 0.3) is 0 Å². The maximum absolute atomic E-state index is 12.4. The van der Waals surface area contributed by atoms with Crippen molar-refractivity contribution < 1.29 is 14.3 Å². The third-order valence-electron chi connectivity index (χ3n) is 3.93. The van der Waals surface area contributed by atoms with Crippen molar-refractivity contribution in [2.75, 3.05) is 20.3 Å². The van der Waals surface area contributed by atoms with Crippen molar-refractivity contribution in [2.45, 2.75) is 26.0 Å². The minimum absolute atomic E-state index is 0.197. The van der Waals surface area contributed by atoms with E-state index in [2.05, 4.69) is 4.98 Å². The molecule has 0 saturated heterocycles. The zero-order valence-corrected chi connectivity index (χ0v) is 15.7. The number of aromatic nitrogens is 1. The predicted octanol–water partition coefficient (Wildman–Crippen LogP) is 3.76. The molecule has 0 spiro atoms. The molecule has 1 aliphatic carbocycles. The molecule has 0 aliphatic heterocycles. The number of amides is 1. The fourth-order valence-electron chi connectivity index (χ4n) is 2.42. The molecule has 5 nitrogen and oxygen atoms in total. The van der Waals surface area contributed by atoms with Crippen molar-refractivity contribution in [1.82, 2.24) is 9.88 Å². The lowest BCUT2D eigenvalue weighted by atomic mass is 10.3. The van der Waals surface area contributed by atoms with Gasteiger partial charge in [-0.3, -0.25) is 4.79 Å². The maximum atomic E-state index is 12.4. The second-order valence-corrected chi connectivity index (χ2v) is 7.38. The zero-order valence-electron chi connectivity index (χ0n) is 14.1. The van der Waals surface area contributed by atoms with Crippen molar-refractivity contribution in [3.8, 4) is 5.75 Å². The van der Waals surface area contributed by atoms with Crippen LogP contribution in [-0.4, -0.2) is 36.1 Å². The van der Waals surface area contributed by atoms with Gasteiger partial charge in [-0.15, -0.1) is 11.3 Å². The SMILES string of the molecule is COCCN(Cc1csc(COc2ccc(Cl)cc2)n1)C(=O)C1CC1. The highest BCUT2D eigenvalue weighted by Gasteiger charge is 2.33. The first-order valence-corrected chi connectivity index (χ1v) is 9.51. The Morgan fingerprint density at radius 1 is 1.36 bits per heavy atom. The van der Waals surface area contributed by atoms with Crippen molar-refractivity contribution in [3.63, 3.8) is 0 Å². The lowest BCUT2D eigenvalue weighted by molar-refractivity contribution is -0.133. The highest BCUT2D eigenvalue weighted by molar-refractivity contribution is 7.09. The summed E-state index contributed by atoms with van der Waals surface area (Å²) in [6.45, 7) is 2.06. The van der Waals surface area contributed by atoms with Crippen LogP contribution in [0.2, 0.25) is 5.02 Å². The van der Waals surface area contributed by atoms with Crippen LogP contribution in [0.4, 0.5) is 0 Å². The van der Waals surface area contributed by atoms with E-state index >= 15 is 0 Å². The molecule has 0 bridgehead atoms. The third kappa shape index (κ3) is 5.42. The number of methoxy groups -OCH3 is 1. The van der Waals surface area contributed by atoms with Crippen molar-refractivity contribution in [3.05, 3.63) is 45.4 Å². The molecule has 1 aliphatic rings. The summed E-state index contributed by atoms with van der Waals surface area (Å²) in [4.78, 5) is 18.8.